The molecule has 0 aliphatic rings. The lowest BCUT2D eigenvalue weighted by molar-refractivity contribution is -0.384. The second-order valence-corrected chi connectivity index (χ2v) is 8.05. The molecule has 0 heterocycles. The molecule has 0 fully saturated rings. The van der Waals surface area contributed by atoms with Gasteiger partial charge in [0.1, 0.15) is 16.4 Å². The first-order valence-corrected chi connectivity index (χ1v) is 9.99. The van der Waals surface area contributed by atoms with Crippen LogP contribution in [0.3, 0.4) is 0 Å². The molecule has 0 saturated carbocycles. The summed E-state index contributed by atoms with van der Waals surface area (Å²) in [6.07, 6.45) is 0. The molecular formula is C18H12Cl2N2O5S. The summed E-state index contributed by atoms with van der Waals surface area (Å²) in [5.41, 5.74) is 0.254. The highest BCUT2D eigenvalue weighted by atomic mass is 35.5. The summed E-state index contributed by atoms with van der Waals surface area (Å²) < 4.78 is 33.0. The molecule has 0 bridgehead atoms. The molecule has 3 rings (SSSR count). The van der Waals surface area contributed by atoms with Gasteiger partial charge in [-0.15, -0.1) is 0 Å². The van der Waals surface area contributed by atoms with E-state index in [1.165, 1.54) is 54.6 Å². The quantitative estimate of drug-likeness (QED) is 0.404. The average molecular weight is 439 g/mol. The van der Waals surface area contributed by atoms with Crippen LogP contribution < -0.4 is 9.46 Å². The first kappa shape index (κ1) is 19.9. The maximum absolute atomic E-state index is 12.5. The third-order valence-corrected chi connectivity index (χ3v) is 5.67. The van der Waals surface area contributed by atoms with Gasteiger partial charge in [-0.2, -0.15) is 0 Å². The molecule has 3 aromatic rings. The van der Waals surface area contributed by atoms with E-state index in [1.807, 2.05) is 0 Å². The first-order chi connectivity index (χ1) is 13.2. The van der Waals surface area contributed by atoms with E-state index in [9.17, 15) is 18.5 Å². The zero-order valence-electron chi connectivity index (χ0n) is 14.0. The fourth-order valence-corrected chi connectivity index (χ4v) is 4.08. The zero-order chi connectivity index (χ0) is 20.3. The van der Waals surface area contributed by atoms with Crippen molar-refractivity contribution in [3.63, 3.8) is 0 Å². The van der Waals surface area contributed by atoms with Crippen LogP contribution in [0.2, 0.25) is 10.0 Å². The van der Waals surface area contributed by atoms with E-state index in [4.69, 9.17) is 27.9 Å². The molecule has 0 saturated heterocycles. The zero-order valence-corrected chi connectivity index (χ0v) is 16.3. The van der Waals surface area contributed by atoms with Crippen LogP contribution in [-0.4, -0.2) is 13.3 Å². The molecular weight excluding hydrogens is 427 g/mol. The van der Waals surface area contributed by atoms with Crippen molar-refractivity contribution in [2.45, 2.75) is 4.90 Å². The Morgan fingerprint density at radius 3 is 2.04 bits per heavy atom. The van der Waals surface area contributed by atoms with Crippen molar-refractivity contribution in [2.75, 3.05) is 4.72 Å². The second-order valence-electron chi connectivity index (χ2n) is 5.56. The van der Waals surface area contributed by atoms with Crippen LogP contribution >= 0.6 is 23.2 Å². The molecule has 0 aromatic heterocycles. The predicted octanol–water partition coefficient (Wildman–Crippen LogP) is 5.49. The minimum Gasteiger partial charge on any atom is -0.457 e. The maximum Gasteiger partial charge on any atom is 0.269 e. The summed E-state index contributed by atoms with van der Waals surface area (Å²) >= 11 is 11.8. The fraction of sp³-hybridized carbons (Fsp3) is 0. The Bertz CT molecular complexity index is 1120. The average Bonchev–Trinajstić information content (AvgIpc) is 2.65. The van der Waals surface area contributed by atoms with E-state index in [2.05, 4.69) is 4.72 Å². The Morgan fingerprint density at radius 2 is 1.46 bits per heavy atom. The number of anilines is 1. The van der Waals surface area contributed by atoms with Crippen LogP contribution in [0.5, 0.6) is 11.5 Å². The molecule has 7 nitrogen and oxygen atoms in total. The molecule has 0 atom stereocenters. The van der Waals surface area contributed by atoms with Gasteiger partial charge in [0.25, 0.3) is 15.7 Å². The fourth-order valence-electron chi connectivity index (χ4n) is 2.26. The summed E-state index contributed by atoms with van der Waals surface area (Å²) in [4.78, 5) is 10.0. The van der Waals surface area contributed by atoms with Crippen LogP contribution in [0.1, 0.15) is 0 Å². The molecule has 10 heteroatoms. The molecule has 1 N–H and O–H groups in total. The van der Waals surface area contributed by atoms with E-state index >= 15 is 0 Å². The van der Waals surface area contributed by atoms with Crippen molar-refractivity contribution < 1.29 is 18.1 Å². The van der Waals surface area contributed by atoms with Crippen LogP contribution in [-0.2, 0) is 10.0 Å². The summed E-state index contributed by atoms with van der Waals surface area (Å²) in [5, 5.41) is 11.0. The highest BCUT2D eigenvalue weighted by Gasteiger charge is 2.18. The van der Waals surface area contributed by atoms with E-state index in [-0.39, 0.29) is 20.6 Å². The Kier molecular flexibility index (Phi) is 5.73. The molecule has 3 aromatic carbocycles. The number of ether oxygens (including phenoxy) is 1. The van der Waals surface area contributed by atoms with Gasteiger partial charge in [0.05, 0.1) is 9.95 Å². The van der Waals surface area contributed by atoms with E-state index < -0.39 is 14.9 Å². The summed E-state index contributed by atoms with van der Waals surface area (Å²) in [6.45, 7) is 0. The number of halogens is 2. The van der Waals surface area contributed by atoms with Crippen LogP contribution in [0.4, 0.5) is 11.4 Å². The normalized spacial score (nSPS) is 11.1. The van der Waals surface area contributed by atoms with Crippen molar-refractivity contribution in [3.8, 4) is 11.5 Å². The monoisotopic (exact) mass is 438 g/mol. The van der Waals surface area contributed by atoms with Gasteiger partial charge in [-0.3, -0.25) is 14.8 Å². The number of nitro benzene ring substituents is 1. The molecule has 144 valence electrons. The number of nitro groups is 1. The number of benzene rings is 3. The Balaban J connectivity index is 1.73. The first-order valence-electron chi connectivity index (χ1n) is 7.75. The lowest BCUT2D eigenvalue weighted by atomic mass is 10.3. The summed E-state index contributed by atoms with van der Waals surface area (Å²) in [6, 6.07) is 15.9. The standard InChI is InChI=1S/C18H12Cl2N2O5S/c19-12-1-10-17(20)18(11-12)28(25,26)21-13-2-6-15(7-3-13)27-16-8-4-14(5-9-16)22(23)24/h1-11,21H. The van der Waals surface area contributed by atoms with Gasteiger partial charge in [-0.1, -0.05) is 23.2 Å². The molecule has 0 unspecified atom stereocenters. The van der Waals surface area contributed by atoms with Gasteiger partial charge in [-0.05, 0) is 54.6 Å². The predicted molar refractivity (Wildman–Crippen MR) is 107 cm³/mol. The van der Waals surface area contributed by atoms with Crippen LogP contribution in [0, 0.1) is 10.1 Å². The lowest BCUT2D eigenvalue weighted by Crippen LogP contribution is -2.13. The maximum atomic E-state index is 12.5. The minimum atomic E-state index is -3.92. The third-order valence-electron chi connectivity index (χ3n) is 3.57. The number of hydrogen-bond donors (Lipinski definition) is 1. The highest BCUT2D eigenvalue weighted by Crippen LogP contribution is 2.28. The van der Waals surface area contributed by atoms with Crippen molar-refractivity contribution in [1.29, 1.82) is 0 Å². The molecule has 28 heavy (non-hydrogen) atoms. The number of nitrogens with one attached hydrogen (secondary N) is 1. The van der Waals surface area contributed by atoms with Gasteiger partial charge >= 0.3 is 0 Å². The number of hydrogen-bond acceptors (Lipinski definition) is 5. The van der Waals surface area contributed by atoms with Gasteiger partial charge in [0.2, 0.25) is 0 Å². The molecule has 0 aliphatic carbocycles. The van der Waals surface area contributed by atoms with Crippen LogP contribution in [0.15, 0.2) is 71.6 Å². The smallest absolute Gasteiger partial charge is 0.269 e. The Labute approximate surface area is 170 Å². The van der Waals surface area contributed by atoms with Gasteiger partial charge < -0.3 is 4.74 Å². The molecule has 0 radical (unpaired) electrons. The molecule has 0 amide bonds. The van der Waals surface area contributed by atoms with E-state index in [0.29, 0.717) is 17.2 Å². The summed E-state index contributed by atoms with van der Waals surface area (Å²) in [7, 11) is -3.92. The van der Waals surface area contributed by atoms with Gasteiger partial charge in [0, 0.05) is 22.8 Å². The van der Waals surface area contributed by atoms with Crippen molar-refractivity contribution in [1.82, 2.24) is 0 Å². The Morgan fingerprint density at radius 1 is 0.893 bits per heavy atom. The highest BCUT2D eigenvalue weighted by molar-refractivity contribution is 7.92. The number of non-ortho nitro benzene ring substituents is 1. The molecule has 0 spiro atoms. The topological polar surface area (TPSA) is 98.5 Å². The summed E-state index contributed by atoms with van der Waals surface area (Å²) in [5.74, 6) is 0.835. The van der Waals surface area contributed by atoms with Gasteiger partial charge in [-0.25, -0.2) is 8.42 Å². The van der Waals surface area contributed by atoms with Crippen molar-refractivity contribution in [3.05, 3.63) is 86.9 Å². The molecule has 0 aliphatic heterocycles. The van der Waals surface area contributed by atoms with Crippen LogP contribution in [0.25, 0.3) is 0 Å². The second kappa shape index (κ2) is 8.05. The van der Waals surface area contributed by atoms with E-state index in [0.717, 1.165) is 0 Å². The SMILES string of the molecule is O=[N+]([O-])c1ccc(Oc2ccc(NS(=O)(=O)c3cc(Cl)ccc3Cl)cc2)cc1. The van der Waals surface area contributed by atoms with E-state index in [1.54, 1.807) is 12.1 Å². The van der Waals surface area contributed by atoms with Gasteiger partial charge in [0.15, 0.2) is 0 Å². The Hall–Kier alpha value is -2.81. The third kappa shape index (κ3) is 4.72. The number of sulfonamides is 1. The number of rotatable bonds is 6. The van der Waals surface area contributed by atoms with Crippen molar-refractivity contribution >= 4 is 44.6 Å². The lowest BCUT2D eigenvalue weighted by Gasteiger charge is -2.11. The minimum absolute atomic E-state index is 0.0446. The largest absolute Gasteiger partial charge is 0.457 e. The number of nitrogens with zero attached hydrogens (tertiary/aromatic N) is 1. The van der Waals surface area contributed by atoms with Crippen molar-refractivity contribution in [2.24, 2.45) is 0 Å².